The van der Waals surface area contributed by atoms with E-state index in [1.54, 1.807) is 0 Å². The summed E-state index contributed by atoms with van der Waals surface area (Å²) in [5.41, 5.74) is -5.41. The van der Waals surface area contributed by atoms with E-state index in [4.69, 9.17) is 11.6 Å². The normalized spacial score (nSPS) is 13.9. The fourth-order valence-electron chi connectivity index (χ4n) is 1.40. The molecule has 0 bridgehead atoms. The minimum Gasteiger partial charge on any atom is -0.405 e. The van der Waals surface area contributed by atoms with E-state index in [0.29, 0.717) is 0 Å². The summed E-state index contributed by atoms with van der Waals surface area (Å²) >= 11 is 4.96. The number of Topliss-reactive ketones (excluding diaryl/α,β-unsaturated/α-hetero) is 1. The molecule has 0 spiro atoms. The number of hydrogen-bond acceptors (Lipinski definition) is 3. The van der Waals surface area contributed by atoms with E-state index in [1.807, 2.05) is 0 Å². The number of alkyl halides is 7. The SMILES string of the molecule is CC(=O)C(Cl)c1c(OC(F)(F)F)cccc1SC(F)(F)F. The lowest BCUT2D eigenvalue weighted by Gasteiger charge is -2.19. The van der Waals surface area contributed by atoms with Crippen LogP contribution in [0.3, 0.4) is 0 Å². The molecule has 0 saturated carbocycles. The predicted octanol–water partition coefficient (Wildman–Crippen LogP) is 5.07. The summed E-state index contributed by atoms with van der Waals surface area (Å²) in [6.45, 7) is 0.948. The van der Waals surface area contributed by atoms with Crippen LogP contribution in [0.1, 0.15) is 17.9 Å². The third-order valence-corrected chi connectivity index (χ3v) is 3.42. The monoisotopic (exact) mass is 352 g/mol. The number of carbonyl (C=O) groups excluding carboxylic acids is 1. The number of ketones is 1. The largest absolute Gasteiger partial charge is 0.573 e. The molecule has 0 N–H and O–H groups in total. The highest BCUT2D eigenvalue weighted by Crippen LogP contribution is 2.45. The van der Waals surface area contributed by atoms with Gasteiger partial charge in [0.2, 0.25) is 0 Å². The maximum absolute atomic E-state index is 12.4. The van der Waals surface area contributed by atoms with E-state index in [-0.39, 0.29) is 0 Å². The number of benzene rings is 1. The van der Waals surface area contributed by atoms with Crippen LogP contribution in [0.4, 0.5) is 26.3 Å². The maximum atomic E-state index is 12.4. The molecule has 0 amide bonds. The lowest BCUT2D eigenvalue weighted by Crippen LogP contribution is -2.19. The van der Waals surface area contributed by atoms with Crippen LogP contribution in [0.2, 0.25) is 0 Å². The van der Waals surface area contributed by atoms with Gasteiger partial charge in [-0.05, 0) is 30.8 Å². The molecular weight excluding hydrogens is 346 g/mol. The number of hydrogen-bond donors (Lipinski definition) is 0. The van der Waals surface area contributed by atoms with Gasteiger partial charge in [0.25, 0.3) is 0 Å². The smallest absolute Gasteiger partial charge is 0.405 e. The zero-order chi connectivity index (χ0) is 16.4. The third kappa shape index (κ3) is 5.66. The van der Waals surface area contributed by atoms with E-state index < -0.39 is 51.0 Å². The molecule has 0 aromatic heterocycles. The Balaban J connectivity index is 3.37. The Morgan fingerprint density at radius 3 is 2.24 bits per heavy atom. The van der Waals surface area contributed by atoms with Crippen molar-refractivity contribution in [1.82, 2.24) is 0 Å². The Morgan fingerprint density at radius 2 is 1.81 bits per heavy atom. The van der Waals surface area contributed by atoms with Crippen LogP contribution >= 0.6 is 23.4 Å². The molecule has 21 heavy (non-hydrogen) atoms. The Hall–Kier alpha value is -1.09. The summed E-state index contributed by atoms with van der Waals surface area (Å²) in [6, 6.07) is 2.65. The van der Waals surface area contributed by atoms with Crippen molar-refractivity contribution in [2.45, 2.75) is 29.1 Å². The second-order valence-electron chi connectivity index (χ2n) is 3.74. The molecule has 1 aromatic rings. The zero-order valence-electron chi connectivity index (χ0n) is 10.2. The van der Waals surface area contributed by atoms with Gasteiger partial charge in [-0.25, -0.2) is 0 Å². The van der Waals surface area contributed by atoms with Crippen molar-refractivity contribution in [3.05, 3.63) is 23.8 Å². The average molecular weight is 353 g/mol. The summed E-state index contributed by atoms with van der Waals surface area (Å²) < 4.78 is 77.8. The van der Waals surface area contributed by atoms with Crippen molar-refractivity contribution in [2.24, 2.45) is 0 Å². The Kier molecular flexibility index (Phi) is 5.43. The molecule has 0 radical (unpaired) electrons. The predicted molar refractivity (Wildman–Crippen MR) is 64.3 cm³/mol. The van der Waals surface area contributed by atoms with E-state index in [1.165, 1.54) is 0 Å². The highest BCUT2D eigenvalue weighted by Gasteiger charge is 2.37. The highest BCUT2D eigenvalue weighted by atomic mass is 35.5. The van der Waals surface area contributed by atoms with Crippen molar-refractivity contribution >= 4 is 29.1 Å². The molecule has 1 rings (SSSR count). The second-order valence-corrected chi connectivity index (χ2v) is 5.28. The Morgan fingerprint density at radius 1 is 1.24 bits per heavy atom. The van der Waals surface area contributed by atoms with Gasteiger partial charge in [0, 0.05) is 10.5 Å². The maximum Gasteiger partial charge on any atom is 0.573 e. The molecule has 1 unspecified atom stereocenters. The Bertz CT molecular complexity index is 494. The first-order valence-electron chi connectivity index (χ1n) is 5.19. The quantitative estimate of drug-likeness (QED) is 0.430. The van der Waals surface area contributed by atoms with Crippen molar-refractivity contribution in [1.29, 1.82) is 0 Å². The van der Waals surface area contributed by atoms with Gasteiger partial charge in [-0.15, -0.1) is 24.8 Å². The number of halogens is 7. The average Bonchev–Trinajstić information content (AvgIpc) is 2.23. The fourth-order valence-corrected chi connectivity index (χ4v) is 2.42. The van der Waals surface area contributed by atoms with Gasteiger partial charge < -0.3 is 4.74 Å². The minimum absolute atomic E-state index is 0.626. The highest BCUT2D eigenvalue weighted by molar-refractivity contribution is 8.00. The minimum atomic E-state index is -5.12. The number of ether oxygens (including phenoxy) is 1. The van der Waals surface area contributed by atoms with Crippen molar-refractivity contribution < 1.29 is 35.9 Å². The number of thioether (sulfide) groups is 1. The molecule has 118 valence electrons. The molecule has 0 aliphatic heterocycles. The van der Waals surface area contributed by atoms with Crippen molar-refractivity contribution in [3.8, 4) is 5.75 Å². The van der Waals surface area contributed by atoms with Crippen molar-refractivity contribution in [2.75, 3.05) is 0 Å². The van der Waals surface area contributed by atoms with Gasteiger partial charge in [0.05, 0.1) is 0 Å². The molecule has 0 aliphatic rings. The summed E-state index contributed by atoms with van der Waals surface area (Å²) in [4.78, 5) is 10.6. The molecular formula is C11H7ClF6O2S. The van der Waals surface area contributed by atoms with Crippen LogP contribution in [0, 0.1) is 0 Å². The summed E-state index contributed by atoms with van der Waals surface area (Å²) in [6.07, 6.45) is -5.12. The first-order valence-corrected chi connectivity index (χ1v) is 6.45. The molecule has 10 heteroatoms. The van der Waals surface area contributed by atoms with Crippen molar-refractivity contribution in [3.63, 3.8) is 0 Å². The van der Waals surface area contributed by atoms with Gasteiger partial charge in [-0.2, -0.15) is 13.2 Å². The first kappa shape index (κ1) is 18.0. The van der Waals surface area contributed by atoms with E-state index in [9.17, 15) is 31.1 Å². The molecule has 1 aromatic carbocycles. The molecule has 0 fully saturated rings. The van der Waals surface area contributed by atoms with Crippen LogP contribution < -0.4 is 4.74 Å². The van der Waals surface area contributed by atoms with Gasteiger partial charge in [-0.1, -0.05) is 6.07 Å². The van der Waals surface area contributed by atoms with Gasteiger partial charge >= 0.3 is 11.9 Å². The fraction of sp³-hybridized carbons (Fsp3) is 0.364. The molecule has 0 saturated heterocycles. The summed E-state index contributed by atoms with van der Waals surface area (Å²) in [5, 5.41) is -1.69. The van der Waals surface area contributed by atoms with Crippen LogP contribution in [-0.4, -0.2) is 17.7 Å². The van der Waals surface area contributed by atoms with Gasteiger partial charge in [-0.3, -0.25) is 4.79 Å². The molecule has 0 aliphatic carbocycles. The van der Waals surface area contributed by atoms with Gasteiger partial charge in [0.1, 0.15) is 11.1 Å². The standard InChI is InChI=1S/C11H7ClF6O2S/c1-5(19)9(12)8-6(20-10(13,14)15)3-2-4-7(8)21-11(16,17)18/h2-4,9H,1H3. The zero-order valence-corrected chi connectivity index (χ0v) is 11.8. The van der Waals surface area contributed by atoms with E-state index in [0.717, 1.165) is 25.1 Å². The Labute approximate surface area is 124 Å². The van der Waals surface area contributed by atoms with Crippen LogP contribution in [0.5, 0.6) is 5.75 Å². The van der Waals surface area contributed by atoms with Crippen LogP contribution in [0.25, 0.3) is 0 Å². The molecule has 2 nitrogen and oxygen atoms in total. The number of rotatable bonds is 4. The van der Waals surface area contributed by atoms with E-state index >= 15 is 0 Å². The third-order valence-electron chi connectivity index (χ3n) is 2.09. The van der Waals surface area contributed by atoms with E-state index in [2.05, 4.69) is 4.74 Å². The first-order chi connectivity index (χ1) is 9.41. The topological polar surface area (TPSA) is 26.3 Å². The number of carbonyl (C=O) groups is 1. The lowest BCUT2D eigenvalue weighted by atomic mass is 10.1. The molecule has 0 heterocycles. The summed E-state index contributed by atoms with van der Waals surface area (Å²) in [5.74, 6) is -1.74. The summed E-state index contributed by atoms with van der Waals surface area (Å²) in [7, 11) is 0. The molecule has 1 atom stereocenters. The lowest BCUT2D eigenvalue weighted by molar-refractivity contribution is -0.275. The second kappa shape index (κ2) is 6.35. The van der Waals surface area contributed by atoms with Crippen LogP contribution in [0.15, 0.2) is 23.1 Å². The van der Waals surface area contributed by atoms with Crippen LogP contribution in [-0.2, 0) is 4.79 Å². The van der Waals surface area contributed by atoms with Gasteiger partial charge in [0.15, 0.2) is 5.78 Å².